The number of ether oxygens (including phenoxy) is 1. The van der Waals surface area contributed by atoms with Crippen molar-refractivity contribution in [2.24, 2.45) is 0 Å². The number of para-hydroxylation sites is 3. The SMILES string of the molecule is C=C(C)C(=O)NCCCc1nc2ccccc2n1CCOc1ccccc1C(C)C. The monoisotopic (exact) mass is 405 g/mol. The number of rotatable bonds is 10. The van der Waals surface area contributed by atoms with Gasteiger partial charge >= 0.3 is 0 Å². The fraction of sp³-hybridized carbons (Fsp3) is 0.360. The van der Waals surface area contributed by atoms with Crippen LogP contribution in [0.3, 0.4) is 0 Å². The molecule has 30 heavy (non-hydrogen) atoms. The Hall–Kier alpha value is -3.08. The van der Waals surface area contributed by atoms with E-state index in [1.165, 1.54) is 5.56 Å². The van der Waals surface area contributed by atoms with Crippen LogP contribution in [0.1, 0.15) is 44.5 Å². The zero-order valence-electron chi connectivity index (χ0n) is 18.1. The summed E-state index contributed by atoms with van der Waals surface area (Å²) in [6.07, 6.45) is 1.60. The van der Waals surface area contributed by atoms with Crippen LogP contribution >= 0.6 is 0 Å². The first kappa shape index (κ1) is 21.6. The predicted octanol–water partition coefficient (Wildman–Crippen LogP) is 4.86. The van der Waals surface area contributed by atoms with Gasteiger partial charge in [0.1, 0.15) is 18.2 Å². The molecule has 3 aromatic rings. The van der Waals surface area contributed by atoms with Crippen LogP contribution < -0.4 is 10.1 Å². The summed E-state index contributed by atoms with van der Waals surface area (Å²) in [6.45, 7) is 11.6. The molecule has 5 heteroatoms. The number of amides is 1. The Balaban J connectivity index is 1.68. The van der Waals surface area contributed by atoms with Crippen LogP contribution in [0.15, 0.2) is 60.7 Å². The molecule has 1 amide bonds. The van der Waals surface area contributed by atoms with Gasteiger partial charge in [0.25, 0.3) is 0 Å². The largest absolute Gasteiger partial charge is 0.491 e. The molecule has 0 fully saturated rings. The Kier molecular flexibility index (Phi) is 7.28. The molecule has 0 atom stereocenters. The first-order valence-electron chi connectivity index (χ1n) is 10.6. The average molecular weight is 406 g/mol. The van der Waals surface area contributed by atoms with E-state index in [9.17, 15) is 4.79 Å². The molecule has 158 valence electrons. The fourth-order valence-electron chi connectivity index (χ4n) is 3.50. The van der Waals surface area contributed by atoms with Crippen LogP contribution in [0.25, 0.3) is 11.0 Å². The molecule has 0 aliphatic heterocycles. The topological polar surface area (TPSA) is 56.2 Å². The fourth-order valence-corrected chi connectivity index (χ4v) is 3.50. The molecule has 1 N–H and O–H groups in total. The van der Waals surface area contributed by atoms with Crippen LogP contribution in [0.4, 0.5) is 0 Å². The maximum Gasteiger partial charge on any atom is 0.246 e. The first-order valence-corrected chi connectivity index (χ1v) is 10.6. The maximum absolute atomic E-state index is 11.7. The molecule has 2 aromatic carbocycles. The molecule has 0 radical (unpaired) electrons. The smallest absolute Gasteiger partial charge is 0.246 e. The first-order chi connectivity index (χ1) is 14.5. The second-order valence-corrected chi connectivity index (χ2v) is 7.85. The summed E-state index contributed by atoms with van der Waals surface area (Å²) in [7, 11) is 0. The summed E-state index contributed by atoms with van der Waals surface area (Å²) < 4.78 is 8.37. The van der Waals surface area contributed by atoms with Crippen molar-refractivity contribution in [1.82, 2.24) is 14.9 Å². The Morgan fingerprint density at radius 1 is 1.17 bits per heavy atom. The predicted molar refractivity (Wildman–Crippen MR) is 122 cm³/mol. The third kappa shape index (κ3) is 5.29. The quantitative estimate of drug-likeness (QED) is 0.387. The van der Waals surface area contributed by atoms with E-state index in [-0.39, 0.29) is 5.91 Å². The molecule has 0 spiro atoms. The lowest BCUT2D eigenvalue weighted by atomic mass is 10.0. The van der Waals surface area contributed by atoms with Gasteiger partial charge in [-0.3, -0.25) is 4.79 Å². The molecular weight excluding hydrogens is 374 g/mol. The average Bonchev–Trinajstić information content (AvgIpc) is 3.08. The summed E-state index contributed by atoms with van der Waals surface area (Å²) in [5, 5.41) is 2.89. The molecule has 3 rings (SSSR count). The number of nitrogens with one attached hydrogen (secondary N) is 1. The van der Waals surface area contributed by atoms with E-state index in [0.717, 1.165) is 42.0 Å². The highest BCUT2D eigenvalue weighted by molar-refractivity contribution is 5.92. The van der Waals surface area contributed by atoms with Crippen LogP contribution in [0.5, 0.6) is 5.75 Å². The highest BCUT2D eigenvalue weighted by atomic mass is 16.5. The van der Waals surface area contributed by atoms with Gasteiger partial charge in [0.05, 0.1) is 17.6 Å². The van der Waals surface area contributed by atoms with Gasteiger partial charge in [0.2, 0.25) is 5.91 Å². The second kappa shape index (κ2) is 10.1. The number of fused-ring (bicyclic) bond motifs is 1. The zero-order chi connectivity index (χ0) is 21.5. The standard InChI is InChI=1S/C25H31N3O2/c1-18(2)20-10-5-8-13-23(20)30-17-16-28-22-12-7-6-11-21(22)27-24(28)14-9-15-26-25(29)19(3)4/h5-8,10-13,18H,3,9,14-17H2,1-2,4H3,(H,26,29). The van der Waals surface area contributed by atoms with Gasteiger partial charge in [-0.2, -0.15) is 0 Å². The van der Waals surface area contributed by atoms with Crippen molar-refractivity contribution in [3.05, 3.63) is 72.1 Å². The number of benzene rings is 2. The highest BCUT2D eigenvalue weighted by Crippen LogP contribution is 2.26. The lowest BCUT2D eigenvalue weighted by molar-refractivity contribution is -0.117. The second-order valence-electron chi connectivity index (χ2n) is 7.85. The summed E-state index contributed by atoms with van der Waals surface area (Å²) in [4.78, 5) is 16.5. The van der Waals surface area contributed by atoms with Crippen LogP contribution in [-0.2, 0) is 17.8 Å². The zero-order valence-corrected chi connectivity index (χ0v) is 18.1. The van der Waals surface area contributed by atoms with E-state index in [4.69, 9.17) is 9.72 Å². The molecule has 0 saturated heterocycles. The van der Waals surface area contributed by atoms with Gasteiger partial charge in [0, 0.05) is 18.5 Å². The van der Waals surface area contributed by atoms with Gasteiger partial charge in [-0.25, -0.2) is 4.98 Å². The normalized spacial score (nSPS) is 11.1. The number of hydrogen-bond donors (Lipinski definition) is 1. The van der Waals surface area contributed by atoms with E-state index < -0.39 is 0 Å². The van der Waals surface area contributed by atoms with Gasteiger partial charge in [0.15, 0.2) is 0 Å². The summed E-state index contributed by atoms with van der Waals surface area (Å²) in [5.74, 6) is 2.28. The van der Waals surface area contributed by atoms with Crippen LogP contribution in [0, 0.1) is 0 Å². The van der Waals surface area contributed by atoms with E-state index >= 15 is 0 Å². The number of imidazole rings is 1. The van der Waals surface area contributed by atoms with Crippen LogP contribution in [-0.4, -0.2) is 28.6 Å². The molecule has 0 aliphatic carbocycles. The maximum atomic E-state index is 11.7. The number of carbonyl (C=O) groups excluding carboxylic acids is 1. The van der Waals surface area contributed by atoms with E-state index in [2.05, 4.69) is 48.5 Å². The third-order valence-corrected chi connectivity index (χ3v) is 5.10. The molecule has 1 heterocycles. The molecule has 0 bridgehead atoms. The molecule has 0 saturated carbocycles. The van der Waals surface area contributed by atoms with Crippen molar-refractivity contribution in [3.8, 4) is 5.75 Å². The van der Waals surface area contributed by atoms with E-state index in [1.54, 1.807) is 6.92 Å². The Bertz CT molecular complexity index is 1020. The number of aryl methyl sites for hydroxylation is 1. The number of hydrogen-bond acceptors (Lipinski definition) is 3. The third-order valence-electron chi connectivity index (χ3n) is 5.10. The van der Waals surface area contributed by atoms with E-state index in [1.807, 2.05) is 30.3 Å². The molecule has 1 aromatic heterocycles. The van der Waals surface area contributed by atoms with Crippen molar-refractivity contribution in [3.63, 3.8) is 0 Å². The van der Waals surface area contributed by atoms with Crippen molar-refractivity contribution < 1.29 is 9.53 Å². The van der Waals surface area contributed by atoms with Crippen LogP contribution in [0.2, 0.25) is 0 Å². The van der Waals surface area contributed by atoms with Crippen molar-refractivity contribution in [2.75, 3.05) is 13.2 Å². The molecule has 0 unspecified atom stereocenters. The van der Waals surface area contributed by atoms with Crippen molar-refractivity contribution >= 4 is 16.9 Å². The lowest BCUT2D eigenvalue weighted by Crippen LogP contribution is -2.25. The Morgan fingerprint density at radius 3 is 2.67 bits per heavy atom. The molecule has 0 aliphatic rings. The lowest BCUT2D eigenvalue weighted by Gasteiger charge is -2.15. The Labute approximate surface area is 178 Å². The highest BCUT2D eigenvalue weighted by Gasteiger charge is 2.12. The molecular formula is C25H31N3O2. The Morgan fingerprint density at radius 2 is 1.90 bits per heavy atom. The minimum atomic E-state index is -0.0966. The summed E-state index contributed by atoms with van der Waals surface area (Å²) in [6, 6.07) is 16.4. The van der Waals surface area contributed by atoms with Crippen molar-refractivity contribution in [1.29, 1.82) is 0 Å². The van der Waals surface area contributed by atoms with Gasteiger partial charge in [-0.05, 0) is 43.0 Å². The minimum absolute atomic E-state index is 0.0966. The van der Waals surface area contributed by atoms with Gasteiger partial charge in [-0.1, -0.05) is 50.8 Å². The number of nitrogens with zero attached hydrogens (tertiary/aromatic N) is 2. The van der Waals surface area contributed by atoms with E-state index in [0.29, 0.717) is 24.6 Å². The summed E-state index contributed by atoms with van der Waals surface area (Å²) >= 11 is 0. The minimum Gasteiger partial charge on any atom is -0.491 e. The number of carbonyl (C=O) groups is 1. The van der Waals surface area contributed by atoms with Gasteiger partial charge in [-0.15, -0.1) is 0 Å². The number of aromatic nitrogens is 2. The van der Waals surface area contributed by atoms with Crippen molar-refractivity contribution in [2.45, 2.75) is 46.1 Å². The summed E-state index contributed by atoms with van der Waals surface area (Å²) in [5.41, 5.74) is 3.85. The van der Waals surface area contributed by atoms with Gasteiger partial charge < -0.3 is 14.6 Å². The molecule has 5 nitrogen and oxygen atoms in total.